The molecule has 0 saturated carbocycles. The lowest BCUT2D eigenvalue weighted by Crippen LogP contribution is -2.53. The predicted octanol–water partition coefficient (Wildman–Crippen LogP) is 1.92. The highest BCUT2D eigenvalue weighted by atomic mass is 35.5. The number of piperazine rings is 1. The second-order valence-corrected chi connectivity index (χ2v) is 4.48. The van der Waals surface area contributed by atoms with Gasteiger partial charge in [0.2, 0.25) is 0 Å². The number of halogens is 1. The molecule has 0 aromatic carbocycles. The van der Waals surface area contributed by atoms with Crippen molar-refractivity contribution in [2.24, 2.45) is 0 Å². The molecule has 1 aliphatic heterocycles. The maximum Gasteiger partial charge on any atom is 0.407 e. The molecule has 92 valence electrons. The third-order valence-corrected chi connectivity index (χ3v) is 3.10. The molecule has 1 atom stereocenters. The van der Waals surface area contributed by atoms with E-state index in [2.05, 4.69) is 9.88 Å². The van der Waals surface area contributed by atoms with Crippen LogP contribution in [0.2, 0.25) is 5.15 Å². The summed E-state index contributed by atoms with van der Waals surface area (Å²) in [6, 6.07) is 5.56. The summed E-state index contributed by atoms with van der Waals surface area (Å²) in [7, 11) is 0. The van der Waals surface area contributed by atoms with Crippen LogP contribution in [0.5, 0.6) is 0 Å². The lowest BCUT2D eigenvalue weighted by molar-refractivity contribution is 0.136. The van der Waals surface area contributed by atoms with E-state index in [1.54, 1.807) is 6.07 Å². The Morgan fingerprint density at radius 2 is 2.29 bits per heavy atom. The van der Waals surface area contributed by atoms with Gasteiger partial charge in [-0.25, -0.2) is 9.78 Å². The molecule has 1 N–H and O–H groups in total. The number of pyridine rings is 1. The van der Waals surface area contributed by atoms with Gasteiger partial charge < -0.3 is 14.9 Å². The molecule has 1 fully saturated rings. The molecule has 17 heavy (non-hydrogen) atoms. The Kier molecular flexibility index (Phi) is 3.38. The van der Waals surface area contributed by atoms with Gasteiger partial charge in [0.05, 0.1) is 0 Å². The molecule has 0 spiro atoms. The normalized spacial score (nSPS) is 20.5. The number of nitrogens with zero attached hydrogens (tertiary/aromatic N) is 3. The summed E-state index contributed by atoms with van der Waals surface area (Å²) in [5.74, 6) is 0.801. The van der Waals surface area contributed by atoms with Gasteiger partial charge in [0.25, 0.3) is 0 Å². The van der Waals surface area contributed by atoms with E-state index in [9.17, 15) is 4.79 Å². The maximum absolute atomic E-state index is 10.9. The summed E-state index contributed by atoms with van der Waals surface area (Å²) in [6.07, 6.45) is -0.865. The van der Waals surface area contributed by atoms with E-state index in [1.807, 2.05) is 19.1 Å². The minimum Gasteiger partial charge on any atom is -0.465 e. The van der Waals surface area contributed by atoms with Crippen LogP contribution in [0.25, 0.3) is 0 Å². The van der Waals surface area contributed by atoms with Crippen LogP contribution in [-0.4, -0.2) is 46.8 Å². The molecule has 0 bridgehead atoms. The number of rotatable bonds is 1. The van der Waals surface area contributed by atoms with Crippen LogP contribution in [0.4, 0.5) is 10.6 Å². The van der Waals surface area contributed by atoms with Gasteiger partial charge in [0.1, 0.15) is 11.0 Å². The summed E-state index contributed by atoms with van der Waals surface area (Å²) in [5.41, 5.74) is 0. The van der Waals surface area contributed by atoms with Crippen LogP contribution >= 0.6 is 11.6 Å². The first kappa shape index (κ1) is 12.0. The number of amides is 1. The fourth-order valence-corrected chi connectivity index (χ4v) is 2.19. The van der Waals surface area contributed by atoms with Crippen molar-refractivity contribution in [3.8, 4) is 0 Å². The predicted molar refractivity (Wildman–Crippen MR) is 65.7 cm³/mol. The first-order valence-electron chi connectivity index (χ1n) is 5.45. The summed E-state index contributed by atoms with van der Waals surface area (Å²) < 4.78 is 0. The van der Waals surface area contributed by atoms with Crippen LogP contribution in [0.15, 0.2) is 18.2 Å². The van der Waals surface area contributed by atoms with E-state index in [0.717, 1.165) is 5.82 Å². The summed E-state index contributed by atoms with van der Waals surface area (Å²) in [6.45, 7) is 3.61. The van der Waals surface area contributed by atoms with Gasteiger partial charge in [-0.05, 0) is 19.1 Å². The fourth-order valence-electron chi connectivity index (χ4n) is 2.03. The fraction of sp³-hybridized carbons (Fsp3) is 0.455. The van der Waals surface area contributed by atoms with Crippen molar-refractivity contribution in [1.82, 2.24) is 9.88 Å². The number of anilines is 1. The maximum atomic E-state index is 10.9. The first-order valence-corrected chi connectivity index (χ1v) is 5.83. The van der Waals surface area contributed by atoms with Crippen LogP contribution in [0, 0.1) is 0 Å². The highest BCUT2D eigenvalue weighted by Crippen LogP contribution is 2.20. The van der Waals surface area contributed by atoms with Crippen LogP contribution in [-0.2, 0) is 0 Å². The van der Waals surface area contributed by atoms with Gasteiger partial charge in [-0.15, -0.1) is 0 Å². The Morgan fingerprint density at radius 3 is 2.88 bits per heavy atom. The van der Waals surface area contributed by atoms with E-state index in [1.165, 1.54) is 4.90 Å². The standard InChI is InChI=1S/C11H14ClN3O2/c1-8-7-14(11(16)17)5-6-15(8)10-4-2-3-9(12)13-10/h2-4,8H,5-7H2,1H3,(H,16,17). The molecule has 1 unspecified atom stereocenters. The molecule has 0 radical (unpaired) electrons. The second-order valence-electron chi connectivity index (χ2n) is 4.09. The molecule has 1 aromatic rings. The van der Waals surface area contributed by atoms with Crippen molar-refractivity contribution in [3.63, 3.8) is 0 Å². The Hall–Kier alpha value is -1.49. The summed E-state index contributed by atoms with van der Waals surface area (Å²) in [5, 5.41) is 9.38. The Bertz CT molecular complexity index is 427. The number of hydrogen-bond acceptors (Lipinski definition) is 3. The van der Waals surface area contributed by atoms with Gasteiger partial charge in [0.15, 0.2) is 0 Å². The van der Waals surface area contributed by atoms with E-state index in [0.29, 0.717) is 24.8 Å². The van der Waals surface area contributed by atoms with Crippen LogP contribution in [0.3, 0.4) is 0 Å². The minimum absolute atomic E-state index is 0.103. The monoisotopic (exact) mass is 255 g/mol. The largest absolute Gasteiger partial charge is 0.465 e. The van der Waals surface area contributed by atoms with E-state index >= 15 is 0 Å². The summed E-state index contributed by atoms with van der Waals surface area (Å²) >= 11 is 5.85. The molecule has 2 heterocycles. The smallest absolute Gasteiger partial charge is 0.407 e. The molecule has 1 aromatic heterocycles. The number of carboxylic acid groups (broad SMARTS) is 1. The Morgan fingerprint density at radius 1 is 1.53 bits per heavy atom. The Balaban J connectivity index is 2.12. The quantitative estimate of drug-likeness (QED) is 0.779. The lowest BCUT2D eigenvalue weighted by atomic mass is 10.2. The van der Waals surface area contributed by atoms with Crippen molar-refractivity contribution >= 4 is 23.5 Å². The van der Waals surface area contributed by atoms with Crippen LogP contribution in [0.1, 0.15) is 6.92 Å². The van der Waals surface area contributed by atoms with Gasteiger partial charge >= 0.3 is 6.09 Å². The molecule has 6 heteroatoms. The SMILES string of the molecule is CC1CN(C(=O)O)CCN1c1cccc(Cl)n1. The third kappa shape index (κ3) is 2.61. The highest BCUT2D eigenvalue weighted by Gasteiger charge is 2.27. The molecule has 2 rings (SSSR count). The van der Waals surface area contributed by atoms with E-state index in [-0.39, 0.29) is 6.04 Å². The molecular weight excluding hydrogens is 242 g/mol. The van der Waals surface area contributed by atoms with Gasteiger partial charge in [-0.2, -0.15) is 0 Å². The van der Waals surface area contributed by atoms with Gasteiger partial charge in [0, 0.05) is 25.7 Å². The van der Waals surface area contributed by atoms with Crippen molar-refractivity contribution in [2.75, 3.05) is 24.5 Å². The van der Waals surface area contributed by atoms with Crippen molar-refractivity contribution in [1.29, 1.82) is 0 Å². The van der Waals surface area contributed by atoms with E-state index in [4.69, 9.17) is 16.7 Å². The Labute approximate surface area is 105 Å². The first-order chi connectivity index (χ1) is 8.08. The number of carbonyl (C=O) groups is 1. The number of aromatic nitrogens is 1. The molecule has 1 saturated heterocycles. The molecular formula is C11H14ClN3O2. The zero-order valence-electron chi connectivity index (χ0n) is 9.51. The van der Waals surface area contributed by atoms with Crippen molar-refractivity contribution < 1.29 is 9.90 Å². The zero-order chi connectivity index (χ0) is 12.4. The zero-order valence-corrected chi connectivity index (χ0v) is 10.3. The summed E-state index contributed by atoms with van der Waals surface area (Å²) in [4.78, 5) is 18.6. The molecule has 1 aliphatic rings. The molecule has 5 nitrogen and oxygen atoms in total. The highest BCUT2D eigenvalue weighted by molar-refractivity contribution is 6.29. The second kappa shape index (κ2) is 4.79. The third-order valence-electron chi connectivity index (χ3n) is 2.89. The minimum atomic E-state index is -0.865. The van der Waals surface area contributed by atoms with Crippen molar-refractivity contribution in [3.05, 3.63) is 23.4 Å². The van der Waals surface area contributed by atoms with E-state index < -0.39 is 6.09 Å². The average Bonchev–Trinajstić information content (AvgIpc) is 2.28. The lowest BCUT2D eigenvalue weighted by Gasteiger charge is -2.39. The van der Waals surface area contributed by atoms with Crippen molar-refractivity contribution in [2.45, 2.75) is 13.0 Å². The molecule has 0 aliphatic carbocycles. The number of hydrogen-bond donors (Lipinski definition) is 1. The average molecular weight is 256 g/mol. The van der Waals surface area contributed by atoms with Gasteiger partial charge in [-0.3, -0.25) is 0 Å². The topological polar surface area (TPSA) is 56.7 Å². The van der Waals surface area contributed by atoms with Gasteiger partial charge in [-0.1, -0.05) is 17.7 Å². The van der Waals surface area contributed by atoms with Crippen LogP contribution < -0.4 is 4.90 Å². The molecule has 1 amide bonds.